The molecule has 1 rings (SSSR count). The molecule has 0 aliphatic carbocycles. The number of nitrogens with two attached hydrogens (primary N) is 2. The largest absolute Gasteiger partial charge is 0.378 e. The fourth-order valence-electron chi connectivity index (χ4n) is 3.27. The molecule has 0 aromatic carbocycles. The van der Waals surface area contributed by atoms with E-state index in [4.69, 9.17) is 11.5 Å². The number of carbonyl (C=O) groups excluding carboxylic acids is 1. The summed E-state index contributed by atoms with van der Waals surface area (Å²) in [5.74, 6) is 0.0122. The van der Waals surface area contributed by atoms with Crippen LogP contribution in [0.15, 0.2) is 12.2 Å². The van der Waals surface area contributed by atoms with Gasteiger partial charge < -0.3 is 16.6 Å². The van der Waals surface area contributed by atoms with Crippen LogP contribution in [0.5, 0.6) is 0 Å². The van der Waals surface area contributed by atoms with Gasteiger partial charge >= 0.3 is 0 Å². The quantitative estimate of drug-likeness (QED) is 0.442. The van der Waals surface area contributed by atoms with Gasteiger partial charge in [0.2, 0.25) is 5.91 Å². The molecular weight excluding hydrogens is 266 g/mol. The van der Waals surface area contributed by atoms with Crippen molar-refractivity contribution in [2.24, 2.45) is 17.4 Å². The zero-order valence-electron chi connectivity index (χ0n) is 13.4. The number of unbranched alkanes of at least 4 members (excludes halogenated alkanes) is 1. The van der Waals surface area contributed by atoms with Crippen molar-refractivity contribution in [1.82, 2.24) is 4.90 Å². The Kier molecular flexibility index (Phi) is 7.35. The third-order valence-corrected chi connectivity index (χ3v) is 4.50. The van der Waals surface area contributed by atoms with Gasteiger partial charge in [0.1, 0.15) is 6.23 Å². The number of aliphatic hydroxyl groups excluding tert-OH is 1. The molecule has 0 saturated carbocycles. The van der Waals surface area contributed by atoms with E-state index in [9.17, 15) is 9.90 Å². The summed E-state index contributed by atoms with van der Waals surface area (Å²) in [5, 5.41) is 10.2. The van der Waals surface area contributed by atoms with E-state index in [0.29, 0.717) is 12.3 Å². The number of primary amides is 1. The van der Waals surface area contributed by atoms with E-state index in [1.807, 2.05) is 18.7 Å². The number of aliphatic hydroxyl groups is 1. The van der Waals surface area contributed by atoms with Gasteiger partial charge in [-0.2, -0.15) is 0 Å². The first-order valence-electron chi connectivity index (χ1n) is 7.98. The second-order valence-corrected chi connectivity index (χ2v) is 6.38. The van der Waals surface area contributed by atoms with Gasteiger partial charge in [0.25, 0.3) is 0 Å². The molecule has 1 amide bonds. The second kappa shape index (κ2) is 8.51. The first kappa shape index (κ1) is 18.1. The molecule has 1 aliphatic rings. The third kappa shape index (κ3) is 5.41. The van der Waals surface area contributed by atoms with Crippen molar-refractivity contribution >= 4 is 5.91 Å². The number of nitrogens with zero attached hydrogens (tertiary/aromatic N) is 1. The molecule has 1 heterocycles. The Morgan fingerprint density at radius 2 is 2.05 bits per heavy atom. The molecule has 122 valence electrons. The van der Waals surface area contributed by atoms with Gasteiger partial charge in [-0.3, -0.25) is 9.69 Å². The fraction of sp³-hybridized carbons (Fsp3) is 0.812. The van der Waals surface area contributed by atoms with Crippen LogP contribution in [0.2, 0.25) is 0 Å². The summed E-state index contributed by atoms with van der Waals surface area (Å²) in [6.07, 6.45) is 4.71. The van der Waals surface area contributed by atoms with Crippen LogP contribution in [0.4, 0.5) is 0 Å². The lowest BCUT2D eigenvalue weighted by Crippen LogP contribution is -2.45. The molecule has 5 N–H and O–H groups in total. The van der Waals surface area contributed by atoms with Gasteiger partial charge in [0, 0.05) is 12.6 Å². The van der Waals surface area contributed by atoms with Crippen LogP contribution in [0.1, 0.15) is 52.4 Å². The molecule has 5 heteroatoms. The first-order valence-corrected chi connectivity index (χ1v) is 7.98. The van der Waals surface area contributed by atoms with E-state index in [2.05, 4.69) is 6.58 Å². The normalized spacial score (nSPS) is 23.7. The minimum absolute atomic E-state index is 0.116. The van der Waals surface area contributed by atoms with Crippen LogP contribution in [-0.2, 0) is 4.79 Å². The summed E-state index contributed by atoms with van der Waals surface area (Å²) in [7, 11) is 0. The van der Waals surface area contributed by atoms with Crippen molar-refractivity contribution in [3.05, 3.63) is 12.2 Å². The molecule has 0 radical (unpaired) electrons. The average Bonchev–Trinajstić information content (AvgIpc) is 2.86. The number of likely N-dealkylation sites (tertiary alicyclic amines) is 1. The van der Waals surface area contributed by atoms with Crippen molar-refractivity contribution in [2.45, 2.75) is 70.7 Å². The molecule has 0 aromatic heterocycles. The number of carbonyl (C=O) groups is 1. The molecule has 1 fully saturated rings. The van der Waals surface area contributed by atoms with Gasteiger partial charge in [-0.15, -0.1) is 0 Å². The molecule has 5 nitrogen and oxygen atoms in total. The zero-order chi connectivity index (χ0) is 16.0. The molecule has 4 unspecified atom stereocenters. The molecule has 1 aliphatic heterocycles. The number of hydrogen-bond donors (Lipinski definition) is 3. The number of rotatable bonds is 9. The van der Waals surface area contributed by atoms with Crippen molar-refractivity contribution in [3.8, 4) is 0 Å². The Labute approximate surface area is 128 Å². The van der Waals surface area contributed by atoms with Crippen LogP contribution in [0, 0.1) is 5.92 Å². The molecule has 0 aromatic rings. The maximum atomic E-state index is 11.3. The van der Waals surface area contributed by atoms with Crippen LogP contribution in [0.25, 0.3) is 0 Å². The number of amides is 1. The van der Waals surface area contributed by atoms with E-state index in [1.54, 1.807) is 0 Å². The monoisotopic (exact) mass is 297 g/mol. The predicted octanol–water partition coefficient (Wildman–Crippen LogP) is 1.35. The summed E-state index contributed by atoms with van der Waals surface area (Å²) in [6.45, 7) is 8.78. The lowest BCUT2D eigenvalue weighted by Gasteiger charge is -2.28. The maximum absolute atomic E-state index is 11.3. The highest BCUT2D eigenvalue weighted by Crippen LogP contribution is 2.23. The molecular formula is C16H31N3O2. The van der Waals surface area contributed by atoms with Gasteiger partial charge in [0.05, 0.1) is 6.04 Å². The first-order chi connectivity index (χ1) is 9.84. The Morgan fingerprint density at radius 3 is 2.57 bits per heavy atom. The summed E-state index contributed by atoms with van der Waals surface area (Å²) in [5.41, 5.74) is 12.5. The zero-order valence-corrected chi connectivity index (χ0v) is 13.4. The van der Waals surface area contributed by atoms with Gasteiger partial charge in [-0.1, -0.05) is 18.6 Å². The van der Waals surface area contributed by atoms with Crippen LogP contribution < -0.4 is 11.5 Å². The summed E-state index contributed by atoms with van der Waals surface area (Å²) < 4.78 is 0. The molecule has 0 bridgehead atoms. The van der Waals surface area contributed by atoms with Gasteiger partial charge in [-0.25, -0.2) is 0 Å². The van der Waals surface area contributed by atoms with Crippen LogP contribution >= 0.6 is 0 Å². The summed E-state index contributed by atoms with van der Waals surface area (Å²) >= 11 is 0. The summed E-state index contributed by atoms with van der Waals surface area (Å²) in [4.78, 5) is 13.2. The molecule has 1 saturated heterocycles. The smallest absolute Gasteiger partial charge is 0.234 e. The molecule has 0 spiro atoms. The van der Waals surface area contributed by atoms with E-state index >= 15 is 0 Å². The lowest BCUT2D eigenvalue weighted by molar-refractivity contribution is -0.126. The Balaban J connectivity index is 2.32. The van der Waals surface area contributed by atoms with Gasteiger partial charge in [-0.05, 0) is 51.9 Å². The Morgan fingerprint density at radius 1 is 1.43 bits per heavy atom. The predicted molar refractivity (Wildman–Crippen MR) is 85.4 cm³/mol. The average molecular weight is 297 g/mol. The SMILES string of the molecule is C=C(C)C(CCCCC(O)N1CCCC1C(N)=O)C(C)N. The van der Waals surface area contributed by atoms with Crippen molar-refractivity contribution in [1.29, 1.82) is 0 Å². The van der Waals surface area contributed by atoms with E-state index in [-0.39, 0.29) is 18.0 Å². The number of hydrogen-bond acceptors (Lipinski definition) is 4. The highest BCUT2D eigenvalue weighted by molar-refractivity contribution is 5.80. The Bertz CT molecular complexity index is 357. The lowest BCUT2D eigenvalue weighted by atomic mass is 9.89. The standard InChI is InChI=1S/C16H31N3O2/c1-11(2)13(12(3)17)7-4-5-9-15(20)19-10-6-8-14(19)16(18)21/h12-15,20H,1,4-10,17H2,2-3H3,(H2,18,21). The van der Waals surface area contributed by atoms with Gasteiger partial charge in [0.15, 0.2) is 0 Å². The van der Waals surface area contributed by atoms with Crippen molar-refractivity contribution in [3.63, 3.8) is 0 Å². The third-order valence-electron chi connectivity index (χ3n) is 4.50. The maximum Gasteiger partial charge on any atom is 0.234 e. The molecule has 21 heavy (non-hydrogen) atoms. The van der Waals surface area contributed by atoms with E-state index in [1.165, 1.54) is 0 Å². The highest BCUT2D eigenvalue weighted by Gasteiger charge is 2.32. The Hall–Kier alpha value is -0.910. The summed E-state index contributed by atoms with van der Waals surface area (Å²) in [6, 6.07) is -0.183. The second-order valence-electron chi connectivity index (χ2n) is 6.38. The molecule has 4 atom stereocenters. The van der Waals surface area contributed by atoms with E-state index in [0.717, 1.165) is 44.2 Å². The van der Waals surface area contributed by atoms with Crippen LogP contribution in [-0.4, -0.2) is 40.8 Å². The minimum Gasteiger partial charge on any atom is -0.378 e. The minimum atomic E-state index is -0.566. The van der Waals surface area contributed by atoms with Crippen molar-refractivity contribution < 1.29 is 9.90 Å². The highest BCUT2D eigenvalue weighted by atomic mass is 16.3. The van der Waals surface area contributed by atoms with Crippen molar-refractivity contribution in [2.75, 3.05) is 6.54 Å². The van der Waals surface area contributed by atoms with E-state index < -0.39 is 6.23 Å². The van der Waals surface area contributed by atoms with Crippen LogP contribution in [0.3, 0.4) is 0 Å². The fourth-order valence-corrected chi connectivity index (χ4v) is 3.27. The topological polar surface area (TPSA) is 92.6 Å².